The molecule has 0 fully saturated rings. The van der Waals surface area contributed by atoms with E-state index in [1.807, 2.05) is 18.2 Å². The van der Waals surface area contributed by atoms with Crippen LogP contribution in [-0.2, 0) is 15.0 Å². The van der Waals surface area contributed by atoms with E-state index in [9.17, 15) is 9.59 Å². The Hall–Kier alpha value is -1.88. The summed E-state index contributed by atoms with van der Waals surface area (Å²) in [6.07, 6.45) is 0.579. The fourth-order valence-electron chi connectivity index (χ4n) is 2.94. The molecule has 22 heavy (non-hydrogen) atoms. The van der Waals surface area contributed by atoms with Gasteiger partial charge in [-0.2, -0.15) is 0 Å². The lowest BCUT2D eigenvalue weighted by atomic mass is 9.79. The van der Waals surface area contributed by atoms with Crippen molar-refractivity contribution < 1.29 is 9.59 Å². The van der Waals surface area contributed by atoms with Crippen LogP contribution in [0.2, 0.25) is 0 Å². The van der Waals surface area contributed by atoms with E-state index in [1.165, 1.54) is 0 Å². The number of nitrogens with zero attached hydrogens (tertiary/aromatic N) is 1. The predicted octanol–water partition coefficient (Wildman–Crippen LogP) is 1.42. The molecule has 0 bridgehead atoms. The van der Waals surface area contributed by atoms with Gasteiger partial charge in [-0.15, -0.1) is 0 Å². The van der Waals surface area contributed by atoms with Crippen molar-refractivity contribution in [1.82, 2.24) is 10.6 Å². The summed E-state index contributed by atoms with van der Waals surface area (Å²) < 4.78 is 0. The molecule has 2 rings (SSSR count). The fourth-order valence-corrected chi connectivity index (χ4v) is 2.94. The maximum absolute atomic E-state index is 12.7. The molecule has 0 radical (unpaired) electrons. The minimum absolute atomic E-state index is 0.0744. The number of hydrogen-bond acceptors (Lipinski definition) is 3. The Balaban J connectivity index is 2.34. The molecule has 2 amide bonds. The number of likely N-dealkylation sites (N-methyl/N-ethyl adjacent to an activating group) is 2. The summed E-state index contributed by atoms with van der Waals surface area (Å²) in [7, 11) is 3.49. The molecule has 0 aromatic heterocycles. The van der Waals surface area contributed by atoms with Gasteiger partial charge in [0.05, 0.1) is 6.04 Å². The maximum atomic E-state index is 12.7. The van der Waals surface area contributed by atoms with Gasteiger partial charge < -0.3 is 15.5 Å². The van der Waals surface area contributed by atoms with Crippen LogP contribution in [0.25, 0.3) is 0 Å². The summed E-state index contributed by atoms with van der Waals surface area (Å²) in [6, 6.07) is 7.08. The SMILES string of the molecule is CNC(C)C(=O)NC1CC(C)(C)c2ccccc2N(C)C1=O. The summed E-state index contributed by atoms with van der Waals surface area (Å²) in [5.41, 5.74) is 1.85. The van der Waals surface area contributed by atoms with E-state index in [0.717, 1.165) is 11.3 Å². The van der Waals surface area contributed by atoms with Crippen LogP contribution in [0.4, 0.5) is 5.69 Å². The molecule has 0 saturated carbocycles. The van der Waals surface area contributed by atoms with Crippen LogP contribution < -0.4 is 15.5 Å². The molecular weight excluding hydrogens is 278 g/mol. The van der Waals surface area contributed by atoms with E-state index >= 15 is 0 Å². The third-order valence-electron chi connectivity index (χ3n) is 4.48. The molecule has 2 unspecified atom stereocenters. The Kier molecular flexibility index (Phi) is 4.56. The van der Waals surface area contributed by atoms with Crippen LogP contribution in [0.1, 0.15) is 32.8 Å². The van der Waals surface area contributed by atoms with Crippen LogP contribution in [-0.4, -0.2) is 38.0 Å². The summed E-state index contributed by atoms with van der Waals surface area (Å²) in [5.74, 6) is -0.231. The van der Waals surface area contributed by atoms with Crippen LogP contribution >= 0.6 is 0 Å². The Morgan fingerprint density at radius 2 is 2.00 bits per heavy atom. The van der Waals surface area contributed by atoms with E-state index < -0.39 is 6.04 Å². The van der Waals surface area contributed by atoms with Gasteiger partial charge >= 0.3 is 0 Å². The molecule has 0 spiro atoms. The Bertz CT molecular complexity index is 583. The van der Waals surface area contributed by atoms with Crippen molar-refractivity contribution >= 4 is 17.5 Å². The summed E-state index contributed by atoms with van der Waals surface area (Å²) in [5, 5.41) is 5.78. The Morgan fingerprint density at radius 3 is 2.64 bits per heavy atom. The van der Waals surface area contributed by atoms with Crippen LogP contribution in [0, 0.1) is 0 Å². The first-order chi connectivity index (χ1) is 10.3. The number of carbonyl (C=O) groups is 2. The lowest BCUT2D eigenvalue weighted by molar-refractivity contribution is -0.128. The highest BCUT2D eigenvalue weighted by Crippen LogP contribution is 2.38. The summed E-state index contributed by atoms with van der Waals surface area (Å²) in [4.78, 5) is 26.5. The predicted molar refractivity (Wildman–Crippen MR) is 87.9 cm³/mol. The molecule has 5 nitrogen and oxygen atoms in total. The molecular formula is C17H25N3O2. The molecule has 0 aliphatic carbocycles. The van der Waals surface area contributed by atoms with E-state index in [4.69, 9.17) is 0 Å². The third-order valence-corrected chi connectivity index (χ3v) is 4.48. The van der Waals surface area contributed by atoms with Crippen LogP contribution in [0.3, 0.4) is 0 Å². The first-order valence-corrected chi connectivity index (χ1v) is 7.62. The quantitative estimate of drug-likeness (QED) is 0.888. The van der Waals surface area contributed by atoms with Gasteiger partial charge in [0.15, 0.2) is 0 Å². The van der Waals surface area contributed by atoms with Gasteiger partial charge in [-0.05, 0) is 37.4 Å². The van der Waals surface area contributed by atoms with E-state index in [-0.39, 0.29) is 23.3 Å². The first kappa shape index (κ1) is 16.5. The second-order valence-electron chi connectivity index (χ2n) is 6.57. The first-order valence-electron chi connectivity index (χ1n) is 7.62. The smallest absolute Gasteiger partial charge is 0.249 e. The number of carbonyl (C=O) groups excluding carboxylic acids is 2. The Morgan fingerprint density at radius 1 is 1.36 bits per heavy atom. The second kappa shape index (κ2) is 6.08. The minimum atomic E-state index is -0.518. The minimum Gasteiger partial charge on any atom is -0.343 e. The molecule has 1 aliphatic rings. The van der Waals surface area contributed by atoms with Gasteiger partial charge in [0.1, 0.15) is 6.04 Å². The zero-order valence-electron chi connectivity index (χ0n) is 13.9. The molecule has 0 saturated heterocycles. The topological polar surface area (TPSA) is 61.4 Å². The monoisotopic (exact) mass is 303 g/mol. The maximum Gasteiger partial charge on any atom is 0.249 e. The highest BCUT2D eigenvalue weighted by Gasteiger charge is 2.38. The van der Waals surface area contributed by atoms with Gasteiger partial charge in [-0.3, -0.25) is 9.59 Å². The average Bonchev–Trinajstić information content (AvgIpc) is 2.57. The van der Waals surface area contributed by atoms with Gasteiger partial charge in [-0.25, -0.2) is 0 Å². The number of benzene rings is 1. The van der Waals surface area contributed by atoms with Gasteiger partial charge in [-0.1, -0.05) is 32.0 Å². The van der Waals surface area contributed by atoms with Gasteiger partial charge in [0, 0.05) is 12.7 Å². The number of rotatable bonds is 3. The van der Waals surface area contributed by atoms with Crippen molar-refractivity contribution in [3.63, 3.8) is 0 Å². The third kappa shape index (κ3) is 2.99. The lowest BCUT2D eigenvalue weighted by Gasteiger charge is -2.27. The zero-order chi connectivity index (χ0) is 16.5. The zero-order valence-corrected chi connectivity index (χ0v) is 13.9. The van der Waals surface area contributed by atoms with Crippen molar-refractivity contribution in [3.05, 3.63) is 29.8 Å². The standard InChI is InChI=1S/C17H25N3O2/c1-11(18-4)15(21)19-13-10-17(2,3)12-8-6-7-9-14(12)20(5)16(13)22/h6-9,11,13,18H,10H2,1-5H3,(H,19,21). The van der Waals surface area contributed by atoms with Crippen molar-refractivity contribution in [2.24, 2.45) is 0 Å². The van der Waals surface area contributed by atoms with Crippen LogP contribution in [0.5, 0.6) is 0 Å². The Labute approximate surface area is 132 Å². The van der Waals surface area contributed by atoms with Gasteiger partial charge in [0.2, 0.25) is 11.8 Å². The molecule has 1 heterocycles. The molecule has 2 N–H and O–H groups in total. The second-order valence-corrected chi connectivity index (χ2v) is 6.57. The molecule has 2 atom stereocenters. The summed E-state index contributed by atoms with van der Waals surface area (Å²) >= 11 is 0. The number of amides is 2. The van der Waals surface area contributed by atoms with E-state index in [2.05, 4.69) is 30.5 Å². The molecule has 1 aliphatic heterocycles. The average molecular weight is 303 g/mol. The number of para-hydroxylation sites is 1. The number of hydrogen-bond donors (Lipinski definition) is 2. The highest BCUT2D eigenvalue weighted by atomic mass is 16.2. The normalized spacial score (nSPS) is 21.8. The fraction of sp³-hybridized carbons (Fsp3) is 0.529. The van der Waals surface area contributed by atoms with Crippen LogP contribution in [0.15, 0.2) is 24.3 Å². The number of anilines is 1. The summed E-state index contributed by atoms with van der Waals surface area (Å²) in [6.45, 7) is 6.00. The van der Waals surface area contributed by atoms with Crippen molar-refractivity contribution in [1.29, 1.82) is 0 Å². The number of nitrogens with one attached hydrogen (secondary N) is 2. The van der Waals surface area contributed by atoms with Gasteiger partial charge in [0.25, 0.3) is 0 Å². The van der Waals surface area contributed by atoms with Crippen molar-refractivity contribution in [2.75, 3.05) is 19.0 Å². The number of fused-ring (bicyclic) bond motifs is 1. The molecule has 5 heteroatoms. The molecule has 120 valence electrons. The van der Waals surface area contributed by atoms with Crippen molar-refractivity contribution in [3.8, 4) is 0 Å². The highest BCUT2D eigenvalue weighted by molar-refractivity contribution is 6.00. The van der Waals surface area contributed by atoms with E-state index in [0.29, 0.717) is 6.42 Å². The van der Waals surface area contributed by atoms with Crippen molar-refractivity contribution in [2.45, 2.75) is 44.7 Å². The van der Waals surface area contributed by atoms with E-state index in [1.54, 1.807) is 25.9 Å². The molecule has 1 aromatic carbocycles. The molecule has 1 aromatic rings. The lowest BCUT2D eigenvalue weighted by Crippen LogP contribution is -2.52. The largest absolute Gasteiger partial charge is 0.343 e.